The number of hydrogen-bond acceptors (Lipinski definition) is 4. The van der Waals surface area contributed by atoms with Gasteiger partial charge in [-0.15, -0.1) is 11.3 Å². The van der Waals surface area contributed by atoms with Gasteiger partial charge in [-0.25, -0.2) is 0 Å². The van der Waals surface area contributed by atoms with E-state index >= 15 is 0 Å². The molecule has 3 rings (SSSR count). The van der Waals surface area contributed by atoms with Crippen LogP contribution in [0.3, 0.4) is 0 Å². The SMILES string of the molecule is C[C@](O)(CNC(=O)C(=O)NCCC1=CCCCC1)c1cc2ccccc2s1. The minimum absolute atomic E-state index is 0.0166. The van der Waals surface area contributed by atoms with Gasteiger partial charge >= 0.3 is 11.8 Å². The van der Waals surface area contributed by atoms with Gasteiger partial charge < -0.3 is 15.7 Å². The zero-order valence-electron chi connectivity index (χ0n) is 15.6. The van der Waals surface area contributed by atoms with Crippen molar-refractivity contribution in [2.24, 2.45) is 0 Å². The largest absolute Gasteiger partial charge is 0.383 e. The average molecular weight is 387 g/mol. The second-order valence-electron chi connectivity index (χ2n) is 7.22. The highest BCUT2D eigenvalue weighted by molar-refractivity contribution is 7.19. The number of fused-ring (bicyclic) bond motifs is 1. The molecule has 5 nitrogen and oxygen atoms in total. The van der Waals surface area contributed by atoms with Crippen LogP contribution in [0.1, 0.15) is 43.9 Å². The number of allylic oxidation sites excluding steroid dienone is 1. The lowest BCUT2D eigenvalue weighted by molar-refractivity contribution is -0.139. The molecule has 1 aromatic carbocycles. The van der Waals surface area contributed by atoms with Crippen LogP contribution >= 0.6 is 11.3 Å². The van der Waals surface area contributed by atoms with E-state index in [0.717, 1.165) is 34.2 Å². The standard InChI is InChI=1S/C21H26N2O3S/c1-21(26,18-13-16-9-5-6-10-17(16)27-18)14-23-20(25)19(24)22-12-11-15-7-3-2-4-8-15/h5-7,9-10,13,26H,2-4,8,11-12,14H2,1H3,(H,22,24)(H,23,25)/t21-/m0/s1. The van der Waals surface area contributed by atoms with Gasteiger partial charge in [0.05, 0.1) is 6.54 Å². The normalized spacial score (nSPS) is 16.4. The molecule has 1 atom stereocenters. The summed E-state index contributed by atoms with van der Waals surface area (Å²) in [6, 6.07) is 9.80. The topological polar surface area (TPSA) is 78.4 Å². The van der Waals surface area contributed by atoms with Gasteiger partial charge in [0.15, 0.2) is 0 Å². The van der Waals surface area contributed by atoms with E-state index in [0.29, 0.717) is 6.54 Å². The van der Waals surface area contributed by atoms with Gasteiger partial charge in [0.25, 0.3) is 0 Å². The number of benzene rings is 1. The fourth-order valence-corrected chi connectivity index (χ4v) is 4.32. The highest BCUT2D eigenvalue weighted by Gasteiger charge is 2.27. The van der Waals surface area contributed by atoms with Crippen LogP contribution in [0.4, 0.5) is 0 Å². The summed E-state index contributed by atoms with van der Waals surface area (Å²) in [5.41, 5.74) is 0.127. The summed E-state index contributed by atoms with van der Waals surface area (Å²) in [5.74, 6) is -1.37. The Morgan fingerprint density at radius 2 is 1.96 bits per heavy atom. The third-order valence-electron chi connectivity index (χ3n) is 4.87. The molecule has 0 radical (unpaired) electrons. The summed E-state index contributed by atoms with van der Waals surface area (Å²) in [6.07, 6.45) is 7.65. The summed E-state index contributed by atoms with van der Waals surface area (Å²) < 4.78 is 1.08. The minimum atomic E-state index is -1.23. The van der Waals surface area contributed by atoms with Gasteiger partial charge in [0, 0.05) is 16.1 Å². The Morgan fingerprint density at radius 1 is 1.19 bits per heavy atom. The lowest BCUT2D eigenvalue weighted by Gasteiger charge is -2.22. The van der Waals surface area contributed by atoms with Crippen LogP contribution in [0, 0.1) is 0 Å². The van der Waals surface area contributed by atoms with Gasteiger partial charge in [-0.1, -0.05) is 29.8 Å². The van der Waals surface area contributed by atoms with E-state index in [9.17, 15) is 14.7 Å². The van der Waals surface area contributed by atoms with E-state index in [-0.39, 0.29) is 6.54 Å². The van der Waals surface area contributed by atoms with Gasteiger partial charge in [-0.2, -0.15) is 0 Å². The summed E-state index contributed by atoms with van der Waals surface area (Å²) in [6.45, 7) is 2.09. The smallest absolute Gasteiger partial charge is 0.309 e. The second kappa shape index (κ2) is 8.67. The molecule has 0 aliphatic heterocycles. The number of amides is 2. The van der Waals surface area contributed by atoms with E-state index in [1.165, 1.54) is 29.8 Å². The van der Waals surface area contributed by atoms with Crippen molar-refractivity contribution in [2.45, 2.75) is 44.6 Å². The van der Waals surface area contributed by atoms with Crippen LogP contribution in [0.25, 0.3) is 10.1 Å². The fraction of sp³-hybridized carbons (Fsp3) is 0.429. The van der Waals surface area contributed by atoms with E-state index in [1.54, 1.807) is 6.92 Å². The van der Waals surface area contributed by atoms with Crippen molar-refractivity contribution in [1.82, 2.24) is 10.6 Å². The van der Waals surface area contributed by atoms with Crippen molar-refractivity contribution >= 4 is 33.2 Å². The third-order valence-corrected chi connectivity index (χ3v) is 6.24. The molecular weight excluding hydrogens is 360 g/mol. The number of nitrogens with one attached hydrogen (secondary N) is 2. The average Bonchev–Trinajstić information content (AvgIpc) is 3.12. The zero-order chi connectivity index (χ0) is 19.3. The molecule has 144 valence electrons. The maximum absolute atomic E-state index is 12.0. The summed E-state index contributed by atoms with van der Waals surface area (Å²) in [7, 11) is 0. The maximum Gasteiger partial charge on any atom is 0.309 e. The highest BCUT2D eigenvalue weighted by atomic mass is 32.1. The quantitative estimate of drug-likeness (QED) is 0.527. The molecule has 27 heavy (non-hydrogen) atoms. The monoisotopic (exact) mass is 386 g/mol. The van der Waals surface area contributed by atoms with E-state index in [4.69, 9.17) is 0 Å². The Morgan fingerprint density at radius 3 is 2.70 bits per heavy atom. The number of carbonyl (C=O) groups excluding carboxylic acids is 2. The first-order valence-corrected chi connectivity index (χ1v) is 10.2. The lowest BCUT2D eigenvalue weighted by atomic mass is 9.97. The Labute approximate surface area is 163 Å². The predicted molar refractivity (Wildman–Crippen MR) is 109 cm³/mol. The summed E-state index contributed by atoms with van der Waals surface area (Å²) in [5, 5.41) is 17.0. The number of carbonyl (C=O) groups is 2. The maximum atomic E-state index is 12.0. The van der Waals surface area contributed by atoms with Crippen LogP contribution in [0.15, 0.2) is 42.0 Å². The second-order valence-corrected chi connectivity index (χ2v) is 8.30. The highest BCUT2D eigenvalue weighted by Crippen LogP contribution is 2.32. The van der Waals surface area contributed by atoms with Crippen molar-refractivity contribution in [3.05, 3.63) is 46.9 Å². The predicted octanol–water partition coefficient (Wildman–Crippen LogP) is 3.23. The first-order valence-electron chi connectivity index (χ1n) is 9.41. The summed E-state index contributed by atoms with van der Waals surface area (Å²) >= 11 is 1.49. The molecule has 0 unspecified atom stereocenters. The first kappa shape index (κ1) is 19.6. The Balaban J connectivity index is 1.48. The first-order chi connectivity index (χ1) is 13.0. The Kier molecular flexibility index (Phi) is 6.29. The Hall–Kier alpha value is -2.18. The number of rotatable bonds is 6. The molecule has 0 spiro atoms. The molecule has 0 saturated carbocycles. The van der Waals surface area contributed by atoms with Crippen LogP contribution < -0.4 is 10.6 Å². The Bertz CT molecular complexity index is 821. The summed E-state index contributed by atoms with van der Waals surface area (Å²) in [4.78, 5) is 24.7. The molecule has 1 aliphatic rings. The van der Waals surface area contributed by atoms with E-state index in [1.807, 2.05) is 30.3 Å². The molecule has 0 fully saturated rings. The minimum Gasteiger partial charge on any atom is -0.383 e. The van der Waals surface area contributed by atoms with Crippen LogP contribution in [-0.4, -0.2) is 30.0 Å². The van der Waals surface area contributed by atoms with E-state index < -0.39 is 17.4 Å². The molecule has 6 heteroatoms. The molecule has 3 N–H and O–H groups in total. The molecule has 0 saturated heterocycles. The van der Waals surface area contributed by atoms with Gasteiger partial charge in [-0.05, 0) is 56.5 Å². The number of hydrogen-bond donors (Lipinski definition) is 3. The van der Waals surface area contributed by atoms with Gasteiger partial charge in [-0.3, -0.25) is 9.59 Å². The van der Waals surface area contributed by atoms with Crippen molar-refractivity contribution in [3.63, 3.8) is 0 Å². The van der Waals surface area contributed by atoms with Crippen LogP contribution in [-0.2, 0) is 15.2 Å². The molecule has 2 amide bonds. The lowest BCUT2D eigenvalue weighted by Crippen LogP contribution is -2.45. The van der Waals surface area contributed by atoms with Gasteiger partial charge in [0.2, 0.25) is 0 Å². The van der Waals surface area contributed by atoms with Crippen molar-refractivity contribution in [2.75, 3.05) is 13.1 Å². The van der Waals surface area contributed by atoms with Crippen LogP contribution in [0.2, 0.25) is 0 Å². The molecular formula is C21H26N2O3S. The number of thiophene rings is 1. The van der Waals surface area contributed by atoms with E-state index in [2.05, 4.69) is 16.7 Å². The van der Waals surface area contributed by atoms with Crippen molar-refractivity contribution in [3.8, 4) is 0 Å². The zero-order valence-corrected chi connectivity index (χ0v) is 16.4. The molecule has 0 bridgehead atoms. The third kappa shape index (κ3) is 5.17. The van der Waals surface area contributed by atoms with Gasteiger partial charge in [0.1, 0.15) is 5.60 Å². The molecule has 2 aromatic rings. The fourth-order valence-electron chi connectivity index (χ4n) is 3.22. The number of aliphatic hydroxyl groups is 1. The molecule has 1 aromatic heterocycles. The molecule has 1 heterocycles. The molecule has 1 aliphatic carbocycles. The van der Waals surface area contributed by atoms with Crippen molar-refractivity contribution in [1.29, 1.82) is 0 Å². The van der Waals surface area contributed by atoms with Crippen LogP contribution in [0.5, 0.6) is 0 Å². The van der Waals surface area contributed by atoms with Crippen molar-refractivity contribution < 1.29 is 14.7 Å².